The van der Waals surface area contributed by atoms with Crippen LogP contribution in [0.25, 0.3) is 10.8 Å². The van der Waals surface area contributed by atoms with Crippen LogP contribution in [0.1, 0.15) is 29.2 Å². The van der Waals surface area contributed by atoms with Gasteiger partial charge >= 0.3 is 6.03 Å². The molecule has 1 N–H and O–H groups in total. The highest BCUT2D eigenvalue weighted by atomic mass is 19.1. The minimum Gasteiger partial charge on any atom is -0.493 e. The lowest BCUT2D eigenvalue weighted by Gasteiger charge is -2.40. The number of halogens is 1. The lowest BCUT2D eigenvalue weighted by Crippen LogP contribution is -2.58. The van der Waals surface area contributed by atoms with Crippen LogP contribution in [0.2, 0.25) is 0 Å². The number of nitrogens with one attached hydrogen (secondary N) is 1. The average Bonchev–Trinajstić information content (AvgIpc) is 3.69. The monoisotopic (exact) mass is 647 g/mol. The van der Waals surface area contributed by atoms with E-state index in [2.05, 4.69) is 17.3 Å². The van der Waals surface area contributed by atoms with Crippen LogP contribution in [0.5, 0.6) is 5.75 Å². The Bertz CT molecular complexity index is 1840. The first-order chi connectivity index (χ1) is 23.3. The number of rotatable bonds is 12. The largest absolute Gasteiger partial charge is 0.493 e. The number of amides is 4. The zero-order valence-electron chi connectivity index (χ0n) is 26.8. The lowest BCUT2D eigenvalue weighted by atomic mass is 10.0. The molecule has 2 heterocycles. The van der Waals surface area contributed by atoms with Crippen molar-refractivity contribution < 1.29 is 23.5 Å². The number of hydrazine groups is 1. The van der Waals surface area contributed by atoms with Crippen LogP contribution in [-0.2, 0) is 35.5 Å². The van der Waals surface area contributed by atoms with E-state index in [9.17, 15) is 18.8 Å². The molecule has 0 bridgehead atoms. The van der Waals surface area contributed by atoms with Crippen LogP contribution in [0.3, 0.4) is 0 Å². The molecule has 2 atom stereocenters. The van der Waals surface area contributed by atoms with Crippen molar-refractivity contribution in [1.29, 1.82) is 0 Å². The molecule has 48 heavy (non-hydrogen) atoms. The van der Waals surface area contributed by atoms with Crippen molar-refractivity contribution in [3.05, 3.63) is 113 Å². The molecule has 4 aromatic rings. The minimum absolute atomic E-state index is 0.0976. The highest BCUT2D eigenvalue weighted by molar-refractivity contribution is 5.86. The van der Waals surface area contributed by atoms with Gasteiger partial charge in [0.1, 0.15) is 17.7 Å². The van der Waals surface area contributed by atoms with Crippen molar-refractivity contribution in [1.82, 2.24) is 25.1 Å². The summed E-state index contributed by atoms with van der Waals surface area (Å²) in [6.07, 6.45) is 7.26. The molecule has 2 aliphatic rings. The number of benzene rings is 4. The summed E-state index contributed by atoms with van der Waals surface area (Å²) in [5, 5.41) is 7.96. The number of carbonyl (C=O) groups excluding carboxylic acids is 3. The molecule has 4 aromatic carbocycles. The zero-order chi connectivity index (χ0) is 33.6. The van der Waals surface area contributed by atoms with Crippen LogP contribution in [-0.4, -0.2) is 76.6 Å². The number of terminal acetylenes is 1. The van der Waals surface area contributed by atoms with Gasteiger partial charge in [0, 0.05) is 25.6 Å². The third kappa shape index (κ3) is 7.11. The first-order valence-corrected chi connectivity index (χ1v) is 16.1. The third-order valence-electron chi connectivity index (χ3n) is 8.95. The second kappa shape index (κ2) is 14.6. The second-order valence-corrected chi connectivity index (χ2v) is 12.2. The summed E-state index contributed by atoms with van der Waals surface area (Å²) in [4.78, 5) is 43.6. The van der Waals surface area contributed by atoms with E-state index in [-0.39, 0.29) is 43.9 Å². The van der Waals surface area contributed by atoms with Gasteiger partial charge in [-0.1, -0.05) is 72.7 Å². The fourth-order valence-electron chi connectivity index (χ4n) is 6.65. The maximum Gasteiger partial charge on any atom is 0.333 e. The Hall–Kier alpha value is -5.40. The van der Waals surface area contributed by atoms with Gasteiger partial charge in [-0.25, -0.2) is 14.2 Å². The summed E-state index contributed by atoms with van der Waals surface area (Å²) < 4.78 is 19.1. The van der Waals surface area contributed by atoms with E-state index >= 15 is 0 Å². The van der Waals surface area contributed by atoms with E-state index in [1.54, 1.807) is 26.9 Å². The Morgan fingerprint density at radius 1 is 1.10 bits per heavy atom. The van der Waals surface area contributed by atoms with E-state index in [0.29, 0.717) is 25.1 Å². The van der Waals surface area contributed by atoms with Gasteiger partial charge in [0.05, 0.1) is 26.2 Å². The highest BCUT2D eigenvalue weighted by Gasteiger charge is 2.45. The molecule has 1 saturated heterocycles. The minimum atomic E-state index is -0.685. The van der Waals surface area contributed by atoms with E-state index in [0.717, 1.165) is 46.0 Å². The Morgan fingerprint density at radius 2 is 1.88 bits per heavy atom. The molecule has 10 heteroatoms. The van der Waals surface area contributed by atoms with Crippen molar-refractivity contribution in [2.75, 3.05) is 26.2 Å². The van der Waals surface area contributed by atoms with Crippen molar-refractivity contribution in [3.63, 3.8) is 0 Å². The van der Waals surface area contributed by atoms with Crippen LogP contribution < -0.4 is 10.1 Å². The summed E-state index contributed by atoms with van der Waals surface area (Å²) in [5.74, 6) is 2.89. The number of carbonyl (C=O) groups is 3. The van der Waals surface area contributed by atoms with Crippen LogP contribution in [0, 0.1) is 18.2 Å². The smallest absolute Gasteiger partial charge is 0.333 e. The maximum absolute atomic E-state index is 13.9. The number of hydrogen-bond donors (Lipinski definition) is 1. The molecule has 246 valence electrons. The molecule has 0 spiro atoms. The summed E-state index contributed by atoms with van der Waals surface area (Å²) in [6, 6.07) is 25.1. The molecule has 0 unspecified atom stereocenters. The molecule has 0 radical (unpaired) electrons. The van der Waals surface area contributed by atoms with Crippen molar-refractivity contribution >= 4 is 29.1 Å². The molecule has 4 amide bonds. The first kappa shape index (κ1) is 32.5. The number of hydrogen-bond acceptors (Lipinski definition) is 5. The summed E-state index contributed by atoms with van der Waals surface area (Å²) >= 11 is 0. The first-order valence-electron chi connectivity index (χ1n) is 16.1. The Balaban J connectivity index is 1.28. The number of nitrogens with zero attached hydrogens (tertiary/aromatic N) is 4. The van der Waals surface area contributed by atoms with Crippen LogP contribution in [0.4, 0.5) is 9.18 Å². The molecular formula is C38H38FN5O4. The third-order valence-corrected chi connectivity index (χ3v) is 8.95. The maximum atomic E-state index is 13.9. The summed E-state index contributed by atoms with van der Waals surface area (Å²) in [6.45, 7) is 3.01. The van der Waals surface area contributed by atoms with Gasteiger partial charge in [-0.15, -0.1) is 6.42 Å². The van der Waals surface area contributed by atoms with Gasteiger partial charge in [0.15, 0.2) is 0 Å². The predicted molar refractivity (Wildman–Crippen MR) is 181 cm³/mol. The van der Waals surface area contributed by atoms with Gasteiger partial charge in [0.2, 0.25) is 12.3 Å². The van der Waals surface area contributed by atoms with Gasteiger partial charge in [-0.3, -0.25) is 9.59 Å². The van der Waals surface area contributed by atoms with E-state index < -0.39 is 12.2 Å². The molecule has 0 aromatic heterocycles. The summed E-state index contributed by atoms with van der Waals surface area (Å²) in [5.41, 5.74) is 3.88. The van der Waals surface area contributed by atoms with E-state index in [1.165, 1.54) is 17.1 Å². The highest BCUT2D eigenvalue weighted by Crippen LogP contribution is 2.29. The Labute approximate surface area is 279 Å². The molecule has 6 rings (SSSR count). The predicted octanol–water partition coefficient (Wildman–Crippen LogP) is 4.73. The SMILES string of the molecule is C#CCN(C(=O)NCc1ccc(F)cc1)N1CC(=O)N([C@H](C)Cc2ccc3c(c2)CCO3)[C@@H]1CN(C=O)Cc1cccc2ccccc12. The van der Waals surface area contributed by atoms with E-state index in [1.807, 2.05) is 61.5 Å². The molecule has 9 nitrogen and oxygen atoms in total. The van der Waals surface area contributed by atoms with Gasteiger partial charge in [-0.2, -0.15) is 5.01 Å². The molecular weight excluding hydrogens is 609 g/mol. The Kier molecular flexibility index (Phi) is 9.88. The number of urea groups is 1. The average molecular weight is 648 g/mol. The van der Waals surface area contributed by atoms with Crippen LogP contribution >= 0.6 is 0 Å². The number of ether oxygens (including phenoxy) is 1. The standard InChI is InChI=1S/C38H38FN5O4/c1-3-18-42(38(47)40-22-28-11-14-33(39)15-12-28)43-25-37(46)44(27(2)20-29-13-16-35-31(21-29)17-19-48-35)36(43)24-41(26-45)23-32-9-6-8-30-7-4-5-10-34(30)32/h1,4-16,21,26-27,36H,17-20,22-25H2,2H3,(H,40,47)/t27-,36-/m1/s1. The molecule has 1 fully saturated rings. The van der Waals surface area contributed by atoms with Gasteiger partial charge in [0.25, 0.3) is 0 Å². The summed E-state index contributed by atoms with van der Waals surface area (Å²) in [7, 11) is 0. The molecule has 2 aliphatic heterocycles. The quantitative estimate of drug-likeness (QED) is 0.178. The van der Waals surface area contributed by atoms with Crippen molar-refractivity contribution in [2.45, 2.75) is 45.1 Å². The second-order valence-electron chi connectivity index (χ2n) is 12.2. The van der Waals surface area contributed by atoms with Crippen molar-refractivity contribution in [3.8, 4) is 18.1 Å². The van der Waals surface area contributed by atoms with Gasteiger partial charge in [-0.05, 0) is 64.6 Å². The lowest BCUT2D eigenvalue weighted by molar-refractivity contribution is -0.132. The van der Waals surface area contributed by atoms with E-state index in [4.69, 9.17) is 11.2 Å². The molecule has 0 aliphatic carbocycles. The van der Waals surface area contributed by atoms with Gasteiger partial charge < -0.3 is 19.9 Å². The fourth-order valence-corrected chi connectivity index (χ4v) is 6.65. The van der Waals surface area contributed by atoms with Crippen molar-refractivity contribution in [2.24, 2.45) is 0 Å². The zero-order valence-corrected chi connectivity index (χ0v) is 26.8. The molecule has 0 saturated carbocycles. The Morgan fingerprint density at radius 3 is 2.67 bits per heavy atom. The fraction of sp³-hybridized carbons (Fsp3) is 0.289. The topological polar surface area (TPSA) is 85.4 Å². The van der Waals surface area contributed by atoms with Crippen LogP contribution in [0.15, 0.2) is 84.9 Å². The normalized spacial score (nSPS) is 16.2. The number of fused-ring (bicyclic) bond motifs is 2.